The molecule has 1 amide bonds. The third-order valence-corrected chi connectivity index (χ3v) is 4.43. The zero-order valence-electron chi connectivity index (χ0n) is 15.7. The normalized spacial score (nSPS) is 12.4. The van der Waals surface area contributed by atoms with Crippen molar-refractivity contribution in [3.8, 4) is 11.5 Å². The summed E-state index contributed by atoms with van der Waals surface area (Å²) in [7, 11) is 0. The SMILES string of the molecule is Cc1cccc(C)c1Nc1cc(C(=O)Nc2ccc3c(c2)OCCO3)ncn1. The van der Waals surface area contributed by atoms with Crippen LogP contribution in [0.5, 0.6) is 11.5 Å². The Hall–Kier alpha value is -3.61. The van der Waals surface area contributed by atoms with Crippen LogP contribution in [0.2, 0.25) is 0 Å². The molecule has 28 heavy (non-hydrogen) atoms. The van der Waals surface area contributed by atoms with Crippen LogP contribution in [-0.2, 0) is 0 Å². The first-order chi connectivity index (χ1) is 13.6. The molecule has 0 spiro atoms. The van der Waals surface area contributed by atoms with E-state index in [2.05, 4.69) is 20.6 Å². The number of para-hydroxylation sites is 1. The first kappa shape index (κ1) is 17.8. The fourth-order valence-electron chi connectivity index (χ4n) is 3.01. The van der Waals surface area contributed by atoms with Crippen LogP contribution in [-0.4, -0.2) is 29.1 Å². The van der Waals surface area contributed by atoms with Gasteiger partial charge in [-0.25, -0.2) is 9.97 Å². The van der Waals surface area contributed by atoms with Gasteiger partial charge < -0.3 is 20.1 Å². The van der Waals surface area contributed by atoms with Crippen LogP contribution in [0.25, 0.3) is 0 Å². The second kappa shape index (κ2) is 7.56. The minimum atomic E-state index is -0.330. The summed E-state index contributed by atoms with van der Waals surface area (Å²) >= 11 is 0. The van der Waals surface area contributed by atoms with E-state index < -0.39 is 0 Å². The van der Waals surface area contributed by atoms with E-state index in [0.717, 1.165) is 16.8 Å². The number of aromatic nitrogens is 2. The van der Waals surface area contributed by atoms with E-state index in [1.165, 1.54) is 6.33 Å². The summed E-state index contributed by atoms with van der Waals surface area (Å²) in [5.74, 6) is 1.51. The largest absolute Gasteiger partial charge is 0.486 e. The van der Waals surface area contributed by atoms with E-state index in [1.54, 1.807) is 24.3 Å². The smallest absolute Gasteiger partial charge is 0.274 e. The van der Waals surface area contributed by atoms with E-state index in [0.29, 0.717) is 36.2 Å². The molecule has 142 valence electrons. The Bertz CT molecular complexity index is 1020. The maximum absolute atomic E-state index is 12.6. The van der Waals surface area contributed by atoms with Crippen LogP contribution >= 0.6 is 0 Å². The summed E-state index contributed by atoms with van der Waals surface area (Å²) in [5.41, 5.74) is 4.04. The summed E-state index contributed by atoms with van der Waals surface area (Å²) in [6.45, 7) is 5.05. The molecular formula is C21H20N4O3. The molecule has 0 radical (unpaired) electrons. The maximum atomic E-state index is 12.6. The topological polar surface area (TPSA) is 85.4 Å². The number of carbonyl (C=O) groups is 1. The number of hydrogen-bond donors (Lipinski definition) is 2. The molecule has 0 unspecified atom stereocenters. The van der Waals surface area contributed by atoms with Gasteiger partial charge in [-0.1, -0.05) is 18.2 Å². The second-order valence-electron chi connectivity index (χ2n) is 6.49. The predicted molar refractivity (Wildman–Crippen MR) is 107 cm³/mol. The molecule has 4 rings (SSSR count). The molecule has 1 aliphatic rings. The van der Waals surface area contributed by atoms with E-state index in [4.69, 9.17) is 9.47 Å². The fourth-order valence-corrected chi connectivity index (χ4v) is 3.01. The van der Waals surface area contributed by atoms with Crippen LogP contribution < -0.4 is 20.1 Å². The Morgan fingerprint density at radius 3 is 2.50 bits per heavy atom. The van der Waals surface area contributed by atoms with Gasteiger partial charge in [0.25, 0.3) is 5.91 Å². The molecule has 2 aromatic carbocycles. The number of rotatable bonds is 4. The van der Waals surface area contributed by atoms with Gasteiger partial charge in [0.1, 0.15) is 31.1 Å². The van der Waals surface area contributed by atoms with Gasteiger partial charge in [-0.2, -0.15) is 0 Å². The van der Waals surface area contributed by atoms with Gasteiger partial charge in [0.15, 0.2) is 11.5 Å². The molecule has 7 nitrogen and oxygen atoms in total. The maximum Gasteiger partial charge on any atom is 0.274 e. The Labute approximate surface area is 162 Å². The molecule has 1 aromatic heterocycles. The molecule has 0 atom stereocenters. The number of ether oxygens (including phenoxy) is 2. The standard InChI is InChI=1S/C21H20N4O3/c1-13-4-3-5-14(2)20(13)25-19-11-16(22-12-23-19)21(26)24-15-6-7-17-18(10-15)28-9-8-27-17/h3-7,10-12H,8-9H2,1-2H3,(H,24,26)(H,22,23,25). The van der Waals surface area contributed by atoms with Gasteiger partial charge in [0.05, 0.1) is 0 Å². The molecule has 2 N–H and O–H groups in total. The van der Waals surface area contributed by atoms with Crippen molar-refractivity contribution in [2.75, 3.05) is 23.8 Å². The molecule has 0 saturated carbocycles. The van der Waals surface area contributed by atoms with Gasteiger partial charge >= 0.3 is 0 Å². The summed E-state index contributed by atoms with van der Waals surface area (Å²) in [6, 6.07) is 12.9. The monoisotopic (exact) mass is 376 g/mol. The number of anilines is 3. The van der Waals surface area contributed by atoms with Crippen molar-refractivity contribution in [1.29, 1.82) is 0 Å². The van der Waals surface area contributed by atoms with Crippen molar-refractivity contribution in [3.05, 3.63) is 65.6 Å². The average Bonchev–Trinajstić information content (AvgIpc) is 2.71. The highest BCUT2D eigenvalue weighted by molar-refractivity contribution is 6.03. The van der Waals surface area contributed by atoms with Gasteiger partial charge in [0.2, 0.25) is 0 Å². The number of benzene rings is 2. The lowest BCUT2D eigenvalue weighted by Crippen LogP contribution is -2.17. The van der Waals surface area contributed by atoms with Gasteiger partial charge in [0, 0.05) is 23.5 Å². The number of fused-ring (bicyclic) bond motifs is 1. The van der Waals surface area contributed by atoms with E-state index >= 15 is 0 Å². The minimum absolute atomic E-state index is 0.263. The van der Waals surface area contributed by atoms with Crippen molar-refractivity contribution >= 4 is 23.1 Å². The zero-order chi connectivity index (χ0) is 19.5. The molecule has 1 aliphatic heterocycles. The van der Waals surface area contributed by atoms with E-state index in [1.807, 2.05) is 32.0 Å². The summed E-state index contributed by atoms with van der Waals surface area (Å²) in [4.78, 5) is 20.9. The third kappa shape index (κ3) is 3.73. The first-order valence-electron chi connectivity index (χ1n) is 8.96. The van der Waals surface area contributed by atoms with Crippen molar-refractivity contribution < 1.29 is 14.3 Å². The highest BCUT2D eigenvalue weighted by atomic mass is 16.6. The zero-order valence-corrected chi connectivity index (χ0v) is 15.7. The highest BCUT2D eigenvalue weighted by Crippen LogP contribution is 2.32. The quantitative estimate of drug-likeness (QED) is 0.719. The third-order valence-electron chi connectivity index (χ3n) is 4.43. The molecule has 0 aliphatic carbocycles. The number of carbonyl (C=O) groups excluding carboxylic acids is 1. The number of hydrogen-bond acceptors (Lipinski definition) is 6. The number of amides is 1. The summed E-state index contributed by atoms with van der Waals surface area (Å²) < 4.78 is 11.0. The Kier molecular flexibility index (Phi) is 4.80. The first-order valence-corrected chi connectivity index (χ1v) is 8.96. The number of nitrogens with one attached hydrogen (secondary N) is 2. The summed E-state index contributed by atoms with van der Waals surface area (Å²) in [5, 5.41) is 6.10. The summed E-state index contributed by atoms with van der Waals surface area (Å²) in [6.07, 6.45) is 1.37. The molecule has 0 saturated heterocycles. The number of nitrogens with zero attached hydrogens (tertiary/aromatic N) is 2. The lowest BCUT2D eigenvalue weighted by atomic mass is 10.1. The van der Waals surface area contributed by atoms with Crippen molar-refractivity contribution in [2.24, 2.45) is 0 Å². The molecule has 7 heteroatoms. The van der Waals surface area contributed by atoms with Crippen molar-refractivity contribution in [3.63, 3.8) is 0 Å². The van der Waals surface area contributed by atoms with Crippen LogP contribution in [0.3, 0.4) is 0 Å². The Balaban J connectivity index is 1.52. The fraction of sp³-hybridized carbons (Fsp3) is 0.190. The van der Waals surface area contributed by atoms with Gasteiger partial charge in [-0.3, -0.25) is 4.79 Å². The van der Waals surface area contributed by atoms with Gasteiger partial charge in [-0.05, 0) is 37.1 Å². The average molecular weight is 376 g/mol. The highest BCUT2D eigenvalue weighted by Gasteiger charge is 2.15. The van der Waals surface area contributed by atoms with Crippen LogP contribution in [0.1, 0.15) is 21.6 Å². The molecule has 3 aromatic rings. The van der Waals surface area contributed by atoms with Gasteiger partial charge in [-0.15, -0.1) is 0 Å². The molecule has 0 fully saturated rings. The predicted octanol–water partition coefficient (Wildman–Crippen LogP) is 3.86. The molecule has 0 bridgehead atoms. The lowest BCUT2D eigenvalue weighted by Gasteiger charge is -2.19. The Morgan fingerprint density at radius 2 is 1.71 bits per heavy atom. The molecular weight excluding hydrogens is 356 g/mol. The van der Waals surface area contributed by atoms with Crippen LogP contribution in [0.4, 0.5) is 17.2 Å². The lowest BCUT2D eigenvalue weighted by molar-refractivity contribution is 0.102. The number of aryl methyl sites for hydroxylation is 2. The molecule has 2 heterocycles. The van der Waals surface area contributed by atoms with E-state index in [9.17, 15) is 4.79 Å². The minimum Gasteiger partial charge on any atom is -0.486 e. The van der Waals surface area contributed by atoms with E-state index in [-0.39, 0.29) is 11.6 Å². The second-order valence-corrected chi connectivity index (χ2v) is 6.49. The van der Waals surface area contributed by atoms with Crippen LogP contribution in [0.15, 0.2) is 48.8 Å². The van der Waals surface area contributed by atoms with Crippen LogP contribution in [0, 0.1) is 13.8 Å². The Morgan fingerprint density at radius 1 is 0.964 bits per heavy atom. The van der Waals surface area contributed by atoms with Crippen molar-refractivity contribution in [2.45, 2.75) is 13.8 Å². The van der Waals surface area contributed by atoms with Crippen molar-refractivity contribution in [1.82, 2.24) is 9.97 Å².